The molecule has 184 valence electrons. The maximum absolute atomic E-state index is 14.2. The summed E-state index contributed by atoms with van der Waals surface area (Å²) in [6.45, 7) is 4.81. The second kappa shape index (κ2) is 8.64. The van der Waals surface area contributed by atoms with E-state index in [4.69, 9.17) is 4.42 Å². The van der Waals surface area contributed by atoms with Crippen LogP contribution in [0.1, 0.15) is 47.6 Å². The highest BCUT2D eigenvalue weighted by atomic mass is 19.4. The molecule has 0 bridgehead atoms. The van der Waals surface area contributed by atoms with Crippen molar-refractivity contribution in [1.29, 1.82) is 0 Å². The number of pyridine rings is 1. The Morgan fingerprint density at radius 1 is 1.14 bits per heavy atom. The summed E-state index contributed by atoms with van der Waals surface area (Å²) in [6, 6.07) is 8.69. The van der Waals surface area contributed by atoms with Gasteiger partial charge in [0.2, 0.25) is 0 Å². The number of aromatic nitrogens is 2. The summed E-state index contributed by atoms with van der Waals surface area (Å²) in [5.74, 6) is -0.461. The molecule has 9 heteroatoms. The van der Waals surface area contributed by atoms with Crippen LogP contribution in [0.3, 0.4) is 0 Å². The topological polar surface area (TPSA) is 79.1 Å². The van der Waals surface area contributed by atoms with Crippen molar-refractivity contribution in [3.05, 3.63) is 77.3 Å². The number of rotatable bonds is 7. The molecule has 0 aliphatic rings. The van der Waals surface area contributed by atoms with Gasteiger partial charge in [-0.25, -0.2) is 4.39 Å². The van der Waals surface area contributed by atoms with Gasteiger partial charge in [-0.15, -0.1) is 0 Å². The third-order valence-electron chi connectivity index (χ3n) is 6.31. The van der Waals surface area contributed by atoms with Gasteiger partial charge in [-0.1, -0.05) is 19.9 Å². The number of benzene rings is 1. The van der Waals surface area contributed by atoms with Crippen LogP contribution in [-0.4, -0.2) is 33.1 Å². The van der Waals surface area contributed by atoms with Crippen LogP contribution in [0.15, 0.2) is 53.3 Å². The smallest absolute Gasteiger partial charge is 0.417 e. The summed E-state index contributed by atoms with van der Waals surface area (Å²) in [5.41, 5.74) is -1.70. The first-order valence-corrected chi connectivity index (χ1v) is 10.9. The van der Waals surface area contributed by atoms with E-state index in [2.05, 4.69) is 9.97 Å². The highest BCUT2D eigenvalue weighted by Gasteiger charge is 2.56. The van der Waals surface area contributed by atoms with Gasteiger partial charge in [0, 0.05) is 23.1 Å². The van der Waals surface area contributed by atoms with Crippen molar-refractivity contribution in [2.75, 3.05) is 0 Å². The van der Waals surface area contributed by atoms with Gasteiger partial charge in [0.1, 0.15) is 5.82 Å². The van der Waals surface area contributed by atoms with Crippen LogP contribution >= 0.6 is 0 Å². The summed E-state index contributed by atoms with van der Waals surface area (Å²) < 4.78 is 61.6. The molecule has 2 N–H and O–H groups in total. The normalized spacial score (nSPS) is 14.3. The lowest BCUT2D eigenvalue weighted by molar-refractivity contribution is -0.266. The molecule has 1 atom stereocenters. The Balaban J connectivity index is 1.68. The van der Waals surface area contributed by atoms with Crippen molar-refractivity contribution in [3.8, 4) is 11.3 Å². The van der Waals surface area contributed by atoms with Gasteiger partial charge >= 0.3 is 6.18 Å². The van der Waals surface area contributed by atoms with Crippen LogP contribution in [0.5, 0.6) is 0 Å². The van der Waals surface area contributed by atoms with Gasteiger partial charge < -0.3 is 14.5 Å². The number of furan rings is 1. The van der Waals surface area contributed by atoms with E-state index in [1.807, 2.05) is 0 Å². The molecule has 0 spiro atoms. The molecular formula is C26H24F4N2O3. The van der Waals surface area contributed by atoms with Gasteiger partial charge in [0.25, 0.3) is 0 Å². The number of carbonyl (C=O) groups is 1. The Morgan fingerprint density at radius 2 is 1.89 bits per heavy atom. The van der Waals surface area contributed by atoms with E-state index < -0.39 is 35.9 Å². The van der Waals surface area contributed by atoms with Gasteiger partial charge in [0.15, 0.2) is 17.6 Å². The van der Waals surface area contributed by atoms with E-state index in [0.717, 1.165) is 0 Å². The number of aryl methyl sites for hydroxylation is 1. The number of alkyl halides is 3. The molecule has 0 amide bonds. The monoisotopic (exact) mass is 488 g/mol. The number of fused-ring (bicyclic) bond motifs is 1. The fourth-order valence-electron chi connectivity index (χ4n) is 4.69. The summed E-state index contributed by atoms with van der Waals surface area (Å²) >= 11 is 0. The number of halogens is 4. The van der Waals surface area contributed by atoms with E-state index in [1.54, 1.807) is 32.9 Å². The van der Waals surface area contributed by atoms with Crippen molar-refractivity contribution in [2.24, 2.45) is 0 Å². The first-order chi connectivity index (χ1) is 16.3. The summed E-state index contributed by atoms with van der Waals surface area (Å²) in [4.78, 5) is 18.3. The number of aliphatic hydroxyl groups is 1. The molecule has 3 heterocycles. The summed E-state index contributed by atoms with van der Waals surface area (Å²) in [5, 5.41) is 11.5. The lowest BCUT2D eigenvalue weighted by Gasteiger charge is -2.38. The largest absolute Gasteiger partial charge is 0.461 e. The van der Waals surface area contributed by atoms with Crippen molar-refractivity contribution in [3.63, 3.8) is 0 Å². The van der Waals surface area contributed by atoms with Crippen LogP contribution < -0.4 is 0 Å². The minimum atomic E-state index is -4.94. The molecular weight excluding hydrogens is 464 g/mol. The molecule has 0 radical (unpaired) electrons. The highest BCUT2D eigenvalue weighted by molar-refractivity contribution is 5.88. The second-order valence-electron chi connectivity index (χ2n) is 9.49. The van der Waals surface area contributed by atoms with E-state index in [0.29, 0.717) is 39.6 Å². The number of hydrogen-bond acceptors (Lipinski definition) is 4. The second-order valence-corrected chi connectivity index (χ2v) is 9.49. The molecule has 4 rings (SSSR count). The lowest BCUT2D eigenvalue weighted by Crippen LogP contribution is -2.51. The molecule has 3 aromatic heterocycles. The number of hydrogen-bond donors (Lipinski definition) is 2. The Hall–Kier alpha value is -3.46. The third-order valence-corrected chi connectivity index (χ3v) is 6.31. The molecule has 35 heavy (non-hydrogen) atoms. The molecule has 0 saturated carbocycles. The highest BCUT2D eigenvalue weighted by Crippen LogP contribution is 2.44. The predicted molar refractivity (Wildman–Crippen MR) is 123 cm³/mol. The average molecular weight is 488 g/mol. The van der Waals surface area contributed by atoms with Crippen LogP contribution in [0.4, 0.5) is 17.6 Å². The van der Waals surface area contributed by atoms with Crippen LogP contribution in [0.25, 0.3) is 22.2 Å². The summed E-state index contributed by atoms with van der Waals surface area (Å²) in [6.07, 6.45) is -3.01. The van der Waals surface area contributed by atoms with E-state index in [1.165, 1.54) is 36.7 Å². The molecule has 0 aliphatic heterocycles. The fraction of sp³-hybridized carbons (Fsp3) is 0.308. The zero-order chi connectivity index (χ0) is 25.6. The Bertz CT molecular complexity index is 1390. The fourth-order valence-corrected chi connectivity index (χ4v) is 4.69. The number of aromatic amines is 1. The van der Waals surface area contributed by atoms with Gasteiger partial charge in [-0.2, -0.15) is 13.2 Å². The SMILES string of the molecule is Cc1ccc(F)cc1C(C)(C)CC(O)(Cc1cc2cc(-c3ccoc3C=O)ncc2[nH]1)C(F)(F)F. The van der Waals surface area contributed by atoms with Crippen molar-refractivity contribution < 1.29 is 31.9 Å². The van der Waals surface area contributed by atoms with E-state index in [9.17, 15) is 27.5 Å². The molecule has 0 fully saturated rings. The van der Waals surface area contributed by atoms with Gasteiger partial charge in [0.05, 0.1) is 23.7 Å². The van der Waals surface area contributed by atoms with Crippen molar-refractivity contribution in [1.82, 2.24) is 9.97 Å². The van der Waals surface area contributed by atoms with Gasteiger partial charge in [-0.05, 0) is 60.2 Å². The zero-order valence-corrected chi connectivity index (χ0v) is 19.3. The Kier molecular flexibility index (Phi) is 6.09. The van der Waals surface area contributed by atoms with Crippen molar-refractivity contribution >= 4 is 17.2 Å². The van der Waals surface area contributed by atoms with E-state index >= 15 is 0 Å². The minimum Gasteiger partial charge on any atom is -0.461 e. The van der Waals surface area contributed by atoms with Crippen LogP contribution in [-0.2, 0) is 11.8 Å². The first-order valence-electron chi connectivity index (χ1n) is 10.9. The van der Waals surface area contributed by atoms with Crippen LogP contribution in [0, 0.1) is 12.7 Å². The third kappa shape index (κ3) is 4.73. The van der Waals surface area contributed by atoms with E-state index in [-0.39, 0.29) is 11.5 Å². The van der Waals surface area contributed by atoms with Crippen LogP contribution in [0.2, 0.25) is 0 Å². The number of nitrogens with zero attached hydrogens (tertiary/aromatic N) is 1. The molecule has 4 aromatic rings. The average Bonchev–Trinajstić information content (AvgIpc) is 3.39. The predicted octanol–water partition coefficient (Wildman–Crippen LogP) is 6.29. The Labute approximate surface area is 198 Å². The Morgan fingerprint density at radius 3 is 2.57 bits per heavy atom. The molecule has 1 aromatic carbocycles. The molecule has 0 aliphatic carbocycles. The first kappa shape index (κ1) is 24.7. The van der Waals surface area contributed by atoms with Gasteiger partial charge in [-0.3, -0.25) is 9.78 Å². The molecule has 5 nitrogen and oxygen atoms in total. The zero-order valence-electron chi connectivity index (χ0n) is 19.3. The van der Waals surface area contributed by atoms with Crippen molar-refractivity contribution in [2.45, 2.75) is 50.8 Å². The maximum atomic E-state index is 14.2. The number of H-pyrrole nitrogens is 1. The summed E-state index contributed by atoms with van der Waals surface area (Å²) in [7, 11) is 0. The minimum absolute atomic E-state index is 0.0916. The molecule has 0 saturated heterocycles. The maximum Gasteiger partial charge on any atom is 0.417 e. The number of carbonyl (C=O) groups excluding carboxylic acids is 1. The number of aldehydes is 1. The number of nitrogens with one attached hydrogen (secondary N) is 1. The lowest BCUT2D eigenvalue weighted by atomic mass is 9.72. The molecule has 1 unspecified atom stereocenters. The standard InChI is InChI=1S/C26H24F4N2O3/c1-15-4-5-17(27)10-20(15)24(2,3)14-25(34,26(28,29)30)11-18-8-16-9-21(31-12-22(16)32-18)19-6-7-35-23(19)13-33/h4-10,12-13,32,34H,11,14H2,1-3H3. The quantitative estimate of drug-likeness (QED) is 0.237.